The highest BCUT2D eigenvalue weighted by Crippen LogP contribution is 2.30. The fourth-order valence-corrected chi connectivity index (χ4v) is 1.62. The number of anilines is 1. The van der Waals surface area contributed by atoms with Crippen LogP contribution in [0.15, 0.2) is 36.4 Å². The summed E-state index contributed by atoms with van der Waals surface area (Å²) in [5.41, 5.74) is 2.20. The molecule has 0 unspecified atom stereocenters. The maximum Gasteiger partial charge on any atom is 0.275 e. The van der Waals surface area contributed by atoms with Gasteiger partial charge in [-0.1, -0.05) is 0 Å². The summed E-state index contributed by atoms with van der Waals surface area (Å²) in [7, 11) is 0. The van der Waals surface area contributed by atoms with Gasteiger partial charge in [0.25, 0.3) is 5.69 Å². The fraction of sp³-hybridized carbons (Fsp3) is 0. The van der Waals surface area contributed by atoms with E-state index in [2.05, 4.69) is 5.43 Å². The van der Waals surface area contributed by atoms with Gasteiger partial charge in [-0.3, -0.25) is 16.0 Å². The number of nitro groups is 1. The molecule has 0 bridgehead atoms. The number of nitro benzene ring substituents is 1. The van der Waals surface area contributed by atoms with Crippen LogP contribution in [0.5, 0.6) is 11.5 Å². The van der Waals surface area contributed by atoms with Crippen molar-refractivity contribution in [2.24, 2.45) is 5.84 Å². The predicted octanol–water partition coefficient (Wildman–Crippen LogP) is 2.68. The van der Waals surface area contributed by atoms with Crippen molar-refractivity contribution < 1.29 is 14.1 Å². The number of ether oxygens (including phenoxy) is 1. The second-order valence-corrected chi connectivity index (χ2v) is 3.97. The minimum absolute atomic E-state index is 0.106. The Morgan fingerprint density at radius 2 is 2.05 bits per heavy atom. The molecule has 8 heteroatoms. The molecule has 0 aromatic heterocycles. The van der Waals surface area contributed by atoms with Gasteiger partial charge in [0, 0.05) is 18.2 Å². The van der Waals surface area contributed by atoms with Gasteiger partial charge in [-0.15, -0.1) is 0 Å². The lowest BCUT2D eigenvalue weighted by atomic mass is 10.2. The standard InChI is InChI=1S/C13H9FN4O3/c14-13-6-11(2-1-8(13)7-15)21-12-4-9(17-16)3-10(5-12)18(19)20/h1-6,17H,16H2. The van der Waals surface area contributed by atoms with E-state index in [-0.39, 0.29) is 28.4 Å². The summed E-state index contributed by atoms with van der Waals surface area (Å²) in [5, 5.41) is 19.4. The molecule has 0 aliphatic rings. The summed E-state index contributed by atoms with van der Waals surface area (Å²) >= 11 is 0. The number of hydrogen-bond acceptors (Lipinski definition) is 6. The maximum absolute atomic E-state index is 13.5. The largest absolute Gasteiger partial charge is 0.457 e. The number of hydrazine groups is 1. The number of nitrogen functional groups attached to an aromatic ring is 1. The summed E-state index contributed by atoms with van der Waals surface area (Å²) < 4.78 is 18.8. The van der Waals surface area contributed by atoms with E-state index >= 15 is 0 Å². The van der Waals surface area contributed by atoms with Crippen molar-refractivity contribution in [3.63, 3.8) is 0 Å². The molecule has 0 fully saturated rings. The van der Waals surface area contributed by atoms with Crippen molar-refractivity contribution in [1.29, 1.82) is 5.26 Å². The Morgan fingerprint density at radius 3 is 2.62 bits per heavy atom. The number of non-ortho nitro benzene ring substituents is 1. The van der Waals surface area contributed by atoms with Gasteiger partial charge in [-0.2, -0.15) is 5.26 Å². The van der Waals surface area contributed by atoms with Gasteiger partial charge in [0.2, 0.25) is 0 Å². The van der Waals surface area contributed by atoms with Gasteiger partial charge < -0.3 is 10.2 Å². The van der Waals surface area contributed by atoms with Crippen molar-refractivity contribution in [2.75, 3.05) is 5.43 Å². The van der Waals surface area contributed by atoms with E-state index in [0.29, 0.717) is 0 Å². The van der Waals surface area contributed by atoms with Crippen molar-refractivity contribution >= 4 is 11.4 Å². The summed E-state index contributed by atoms with van der Waals surface area (Å²) in [6.07, 6.45) is 0. The van der Waals surface area contributed by atoms with Crippen LogP contribution in [0.25, 0.3) is 0 Å². The normalized spacial score (nSPS) is 9.76. The fourth-order valence-electron chi connectivity index (χ4n) is 1.62. The minimum atomic E-state index is -0.738. The molecule has 0 aliphatic heterocycles. The molecule has 2 aromatic carbocycles. The summed E-state index contributed by atoms with van der Waals surface area (Å²) in [4.78, 5) is 10.2. The monoisotopic (exact) mass is 288 g/mol. The second-order valence-electron chi connectivity index (χ2n) is 3.97. The van der Waals surface area contributed by atoms with E-state index in [1.54, 1.807) is 6.07 Å². The first-order chi connectivity index (χ1) is 10.0. The van der Waals surface area contributed by atoms with E-state index in [9.17, 15) is 14.5 Å². The van der Waals surface area contributed by atoms with Gasteiger partial charge in [0.1, 0.15) is 23.4 Å². The Bertz CT molecular complexity index is 743. The number of nitrogens with two attached hydrogens (primary N) is 1. The molecule has 0 aliphatic carbocycles. The zero-order chi connectivity index (χ0) is 15.4. The molecule has 7 nitrogen and oxygen atoms in total. The number of hydrogen-bond donors (Lipinski definition) is 2. The lowest BCUT2D eigenvalue weighted by Crippen LogP contribution is -2.07. The van der Waals surface area contributed by atoms with Crippen LogP contribution in [-0.4, -0.2) is 4.92 Å². The van der Waals surface area contributed by atoms with E-state index in [1.807, 2.05) is 0 Å². The molecule has 0 atom stereocenters. The SMILES string of the molecule is N#Cc1ccc(Oc2cc(NN)cc([N+](=O)[O-])c2)cc1F. The van der Waals surface area contributed by atoms with E-state index in [0.717, 1.165) is 6.07 Å². The average molecular weight is 288 g/mol. The second kappa shape index (κ2) is 5.85. The molecule has 0 radical (unpaired) electrons. The van der Waals surface area contributed by atoms with Crippen LogP contribution >= 0.6 is 0 Å². The molecule has 0 amide bonds. The maximum atomic E-state index is 13.5. The number of rotatable bonds is 4. The Hall–Kier alpha value is -3.18. The molecule has 2 rings (SSSR count). The highest BCUT2D eigenvalue weighted by atomic mass is 19.1. The van der Waals surface area contributed by atoms with E-state index in [1.165, 1.54) is 30.3 Å². The average Bonchev–Trinajstić information content (AvgIpc) is 2.47. The van der Waals surface area contributed by atoms with Gasteiger partial charge >= 0.3 is 0 Å². The molecule has 0 saturated heterocycles. The van der Waals surface area contributed by atoms with Crippen LogP contribution in [0.3, 0.4) is 0 Å². The van der Waals surface area contributed by atoms with Crippen LogP contribution in [0.1, 0.15) is 5.56 Å². The van der Waals surface area contributed by atoms with Crippen LogP contribution in [0.4, 0.5) is 15.8 Å². The molecule has 2 aromatic rings. The molecule has 21 heavy (non-hydrogen) atoms. The van der Waals surface area contributed by atoms with Crippen LogP contribution in [0, 0.1) is 27.3 Å². The lowest BCUT2D eigenvalue weighted by molar-refractivity contribution is -0.384. The molecular weight excluding hydrogens is 279 g/mol. The quantitative estimate of drug-likeness (QED) is 0.508. The highest BCUT2D eigenvalue weighted by Gasteiger charge is 2.11. The molecule has 0 saturated carbocycles. The van der Waals surface area contributed by atoms with Crippen LogP contribution in [0.2, 0.25) is 0 Å². The topological polar surface area (TPSA) is 114 Å². The highest BCUT2D eigenvalue weighted by molar-refractivity contribution is 5.56. The number of nitrogens with one attached hydrogen (secondary N) is 1. The Labute approximate surface area is 118 Å². The van der Waals surface area contributed by atoms with Gasteiger partial charge in [0.05, 0.1) is 22.2 Å². The molecule has 3 N–H and O–H groups in total. The zero-order valence-electron chi connectivity index (χ0n) is 10.5. The minimum Gasteiger partial charge on any atom is -0.457 e. The summed E-state index contributed by atoms with van der Waals surface area (Å²) in [5.74, 6) is 4.70. The number of benzene rings is 2. The number of nitriles is 1. The van der Waals surface area contributed by atoms with Crippen LogP contribution < -0.4 is 16.0 Å². The van der Waals surface area contributed by atoms with E-state index < -0.39 is 10.7 Å². The molecule has 0 heterocycles. The zero-order valence-corrected chi connectivity index (χ0v) is 10.5. The Morgan fingerprint density at radius 1 is 1.29 bits per heavy atom. The third-order valence-electron chi connectivity index (χ3n) is 2.57. The summed E-state index contributed by atoms with van der Waals surface area (Å²) in [6, 6.07) is 9.17. The third-order valence-corrected chi connectivity index (χ3v) is 2.57. The van der Waals surface area contributed by atoms with Gasteiger partial charge in [-0.25, -0.2) is 4.39 Å². The van der Waals surface area contributed by atoms with Crippen molar-refractivity contribution in [2.45, 2.75) is 0 Å². The predicted molar refractivity (Wildman–Crippen MR) is 72.1 cm³/mol. The Balaban J connectivity index is 2.35. The van der Waals surface area contributed by atoms with Gasteiger partial charge in [-0.05, 0) is 12.1 Å². The van der Waals surface area contributed by atoms with E-state index in [4.69, 9.17) is 15.8 Å². The third kappa shape index (κ3) is 3.23. The first-order valence-corrected chi connectivity index (χ1v) is 5.67. The smallest absolute Gasteiger partial charge is 0.275 e. The molecular formula is C13H9FN4O3. The van der Waals surface area contributed by atoms with Gasteiger partial charge in [0.15, 0.2) is 0 Å². The van der Waals surface area contributed by atoms with Crippen molar-refractivity contribution in [3.05, 3.63) is 57.9 Å². The first-order valence-electron chi connectivity index (χ1n) is 5.67. The van der Waals surface area contributed by atoms with Crippen molar-refractivity contribution in [1.82, 2.24) is 0 Å². The lowest BCUT2D eigenvalue weighted by Gasteiger charge is -2.08. The molecule has 0 spiro atoms. The Kier molecular flexibility index (Phi) is 3.97. The summed E-state index contributed by atoms with van der Waals surface area (Å²) in [6.45, 7) is 0. The van der Waals surface area contributed by atoms with Crippen LogP contribution in [-0.2, 0) is 0 Å². The molecule has 106 valence electrons. The number of nitrogens with zero attached hydrogens (tertiary/aromatic N) is 2. The number of halogens is 1. The first kappa shape index (κ1) is 14.2. The van der Waals surface area contributed by atoms with Crippen molar-refractivity contribution in [3.8, 4) is 17.6 Å².